The van der Waals surface area contributed by atoms with Crippen LogP contribution >= 0.6 is 0 Å². The largest absolute Gasteiger partial charge is 0.489 e. The monoisotopic (exact) mass is 476 g/mol. The van der Waals surface area contributed by atoms with Crippen molar-refractivity contribution in [3.63, 3.8) is 0 Å². The van der Waals surface area contributed by atoms with Crippen molar-refractivity contribution in [2.75, 3.05) is 20.2 Å². The SMILES string of the molecule is COC1CCN(Cc2ccc(COc3cccc4c3CN(C3CCC(=O)CC3=O)C4=O)cc2)CC1. The van der Waals surface area contributed by atoms with Gasteiger partial charge in [-0.05, 0) is 42.5 Å². The van der Waals surface area contributed by atoms with E-state index in [0.717, 1.165) is 43.6 Å². The number of piperidine rings is 1. The van der Waals surface area contributed by atoms with Crippen LogP contribution in [-0.2, 0) is 34.0 Å². The van der Waals surface area contributed by atoms with Gasteiger partial charge in [-0.15, -0.1) is 0 Å². The van der Waals surface area contributed by atoms with E-state index in [1.54, 1.807) is 18.1 Å². The van der Waals surface area contributed by atoms with E-state index in [0.29, 0.717) is 43.4 Å². The van der Waals surface area contributed by atoms with Gasteiger partial charge in [-0.25, -0.2) is 0 Å². The third-order valence-electron chi connectivity index (χ3n) is 7.46. The molecule has 0 spiro atoms. The zero-order valence-corrected chi connectivity index (χ0v) is 20.2. The fourth-order valence-electron chi connectivity index (χ4n) is 5.37. The highest BCUT2D eigenvalue weighted by Crippen LogP contribution is 2.34. The summed E-state index contributed by atoms with van der Waals surface area (Å²) in [4.78, 5) is 41.1. The van der Waals surface area contributed by atoms with Crippen LogP contribution in [0.1, 0.15) is 59.2 Å². The average molecular weight is 477 g/mol. The number of Topliss-reactive ketones (excluding diaryl/α,β-unsaturated/α-hetero) is 2. The molecule has 2 aromatic carbocycles. The molecular formula is C28H32N2O5. The highest BCUT2D eigenvalue weighted by molar-refractivity contribution is 6.07. The van der Waals surface area contributed by atoms with Gasteiger partial charge in [0.05, 0.1) is 25.1 Å². The molecule has 1 saturated carbocycles. The van der Waals surface area contributed by atoms with Crippen LogP contribution in [0.3, 0.4) is 0 Å². The second-order valence-electron chi connectivity index (χ2n) is 9.77. The average Bonchev–Trinajstić information content (AvgIpc) is 3.21. The summed E-state index contributed by atoms with van der Waals surface area (Å²) in [6, 6.07) is 13.4. The number of carbonyl (C=O) groups excluding carboxylic acids is 3. The summed E-state index contributed by atoms with van der Waals surface area (Å²) in [5.74, 6) is 0.314. The topological polar surface area (TPSA) is 76.2 Å². The third-order valence-corrected chi connectivity index (χ3v) is 7.46. The number of ether oxygens (including phenoxy) is 2. The van der Waals surface area contributed by atoms with Gasteiger partial charge in [-0.3, -0.25) is 19.3 Å². The first kappa shape index (κ1) is 23.7. The molecular weight excluding hydrogens is 444 g/mol. The van der Waals surface area contributed by atoms with Crippen LogP contribution in [0.4, 0.5) is 0 Å². The van der Waals surface area contributed by atoms with Gasteiger partial charge >= 0.3 is 0 Å². The molecule has 1 atom stereocenters. The smallest absolute Gasteiger partial charge is 0.255 e. The number of fused-ring (bicyclic) bond motifs is 1. The molecule has 2 aliphatic heterocycles. The Hall–Kier alpha value is -3.03. The van der Waals surface area contributed by atoms with Crippen LogP contribution in [0.2, 0.25) is 0 Å². The van der Waals surface area contributed by atoms with Gasteiger partial charge < -0.3 is 14.4 Å². The first-order valence-corrected chi connectivity index (χ1v) is 12.4. The molecule has 2 fully saturated rings. The summed E-state index contributed by atoms with van der Waals surface area (Å²) in [7, 11) is 1.79. The van der Waals surface area contributed by atoms with Crippen molar-refractivity contribution in [1.29, 1.82) is 0 Å². The predicted molar refractivity (Wildman–Crippen MR) is 130 cm³/mol. The Labute approximate surface area is 206 Å². The van der Waals surface area contributed by atoms with Crippen molar-refractivity contribution in [3.8, 4) is 5.75 Å². The van der Waals surface area contributed by atoms with Crippen molar-refractivity contribution in [2.45, 2.75) is 63.9 Å². The van der Waals surface area contributed by atoms with Gasteiger partial charge in [0, 0.05) is 44.3 Å². The Morgan fingerprint density at radius 2 is 1.69 bits per heavy atom. The molecule has 5 rings (SSSR count). The summed E-state index contributed by atoms with van der Waals surface area (Å²) in [6.45, 7) is 3.80. The molecule has 3 aliphatic rings. The first-order chi connectivity index (χ1) is 17.0. The van der Waals surface area contributed by atoms with Gasteiger partial charge in [0.1, 0.15) is 18.1 Å². The maximum atomic E-state index is 13.0. The zero-order chi connectivity index (χ0) is 24.4. The quantitative estimate of drug-likeness (QED) is 0.569. The van der Waals surface area contributed by atoms with Crippen LogP contribution < -0.4 is 4.74 Å². The van der Waals surface area contributed by atoms with Crippen molar-refractivity contribution in [1.82, 2.24) is 9.80 Å². The number of ketones is 2. The van der Waals surface area contributed by atoms with Crippen molar-refractivity contribution in [2.24, 2.45) is 0 Å². The highest BCUT2D eigenvalue weighted by atomic mass is 16.5. The lowest BCUT2D eigenvalue weighted by molar-refractivity contribution is -0.133. The fraction of sp³-hybridized carbons (Fsp3) is 0.464. The number of hydrogen-bond acceptors (Lipinski definition) is 6. The molecule has 7 nitrogen and oxygen atoms in total. The van der Waals surface area contributed by atoms with Crippen LogP contribution in [0.5, 0.6) is 5.75 Å². The number of hydrogen-bond donors (Lipinski definition) is 0. The molecule has 2 aromatic rings. The van der Waals surface area contributed by atoms with Crippen LogP contribution in [-0.4, -0.2) is 59.6 Å². The molecule has 1 saturated heterocycles. The van der Waals surface area contributed by atoms with Crippen LogP contribution in [0.25, 0.3) is 0 Å². The molecule has 0 aromatic heterocycles. The summed E-state index contributed by atoms with van der Waals surface area (Å²) in [6.07, 6.45) is 3.23. The Bertz CT molecular complexity index is 1100. The first-order valence-electron chi connectivity index (χ1n) is 12.4. The minimum Gasteiger partial charge on any atom is -0.489 e. The van der Waals surface area contributed by atoms with Gasteiger partial charge in [0.2, 0.25) is 0 Å². The molecule has 0 N–H and O–H groups in total. The Balaban J connectivity index is 1.19. The second-order valence-corrected chi connectivity index (χ2v) is 9.77. The Kier molecular flexibility index (Phi) is 6.97. The van der Waals surface area contributed by atoms with Crippen molar-refractivity contribution >= 4 is 17.5 Å². The number of nitrogens with zero attached hydrogens (tertiary/aromatic N) is 2. The van der Waals surface area contributed by atoms with E-state index in [-0.39, 0.29) is 23.9 Å². The number of amides is 1. The molecule has 1 unspecified atom stereocenters. The number of methoxy groups -OCH3 is 1. The molecule has 2 heterocycles. The van der Waals surface area contributed by atoms with Crippen LogP contribution in [0, 0.1) is 0 Å². The number of carbonyl (C=O) groups is 3. The van der Waals surface area contributed by atoms with Gasteiger partial charge in [0.15, 0.2) is 5.78 Å². The number of benzene rings is 2. The highest BCUT2D eigenvalue weighted by Gasteiger charge is 2.40. The Morgan fingerprint density at radius 3 is 2.40 bits per heavy atom. The summed E-state index contributed by atoms with van der Waals surface area (Å²) >= 11 is 0. The summed E-state index contributed by atoms with van der Waals surface area (Å²) in [5, 5.41) is 0. The molecule has 7 heteroatoms. The lowest BCUT2D eigenvalue weighted by Crippen LogP contribution is -2.44. The molecule has 0 bridgehead atoms. The van der Waals surface area contributed by atoms with E-state index in [9.17, 15) is 14.4 Å². The van der Waals surface area contributed by atoms with E-state index >= 15 is 0 Å². The van der Waals surface area contributed by atoms with Gasteiger partial charge in [0.25, 0.3) is 5.91 Å². The Morgan fingerprint density at radius 1 is 0.943 bits per heavy atom. The van der Waals surface area contributed by atoms with Crippen molar-refractivity contribution < 1.29 is 23.9 Å². The maximum Gasteiger partial charge on any atom is 0.255 e. The van der Waals surface area contributed by atoms with E-state index in [1.165, 1.54) is 5.56 Å². The third kappa shape index (κ3) is 5.16. The molecule has 0 radical (unpaired) electrons. The van der Waals surface area contributed by atoms with Crippen molar-refractivity contribution in [3.05, 3.63) is 64.7 Å². The molecule has 1 amide bonds. The lowest BCUT2D eigenvalue weighted by atomic mass is 9.92. The van der Waals surface area contributed by atoms with E-state index in [1.807, 2.05) is 12.1 Å². The van der Waals surface area contributed by atoms with Gasteiger partial charge in [-0.2, -0.15) is 0 Å². The maximum absolute atomic E-state index is 13.0. The minimum absolute atomic E-state index is 0.0406. The summed E-state index contributed by atoms with van der Waals surface area (Å²) in [5.41, 5.74) is 3.74. The summed E-state index contributed by atoms with van der Waals surface area (Å²) < 4.78 is 11.6. The standard InChI is InChI=1S/C28H32N2O5/c1-34-22-11-13-29(14-12-22)16-19-5-7-20(8-6-19)18-35-27-4-2-3-23-24(27)17-30(28(23)33)25-10-9-21(31)15-26(25)32/h2-8,22,25H,9-18H2,1H3. The van der Waals surface area contributed by atoms with E-state index < -0.39 is 6.04 Å². The minimum atomic E-state index is -0.520. The zero-order valence-electron chi connectivity index (χ0n) is 20.2. The number of rotatable bonds is 7. The van der Waals surface area contributed by atoms with Gasteiger partial charge in [-0.1, -0.05) is 30.3 Å². The molecule has 35 heavy (non-hydrogen) atoms. The fourth-order valence-corrected chi connectivity index (χ4v) is 5.37. The second kappa shape index (κ2) is 10.3. The number of likely N-dealkylation sites (tertiary alicyclic amines) is 1. The molecule has 1 aliphatic carbocycles. The predicted octanol–water partition coefficient (Wildman–Crippen LogP) is 3.52. The molecule has 184 valence electrons. The van der Waals surface area contributed by atoms with E-state index in [4.69, 9.17) is 9.47 Å². The van der Waals surface area contributed by atoms with E-state index in [2.05, 4.69) is 29.2 Å². The van der Waals surface area contributed by atoms with Crippen LogP contribution in [0.15, 0.2) is 42.5 Å². The normalized spacial score (nSPS) is 21.5. The lowest BCUT2D eigenvalue weighted by Gasteiger charge is -2.31.